The first-order chi connectivity index (χ1) is 9.51. The Morgan fingerprint density at radius 1 is 1.50 bits per heavy atom. The number of hydrogen-bond donors (Lipinski definition) is 2. The smallest absolute Gasteiger partial charge is 0.265 e. The number of aromatic nitrogens is 1. The predicted molar refractivity (Wildman–Crippen MR) is 84.4 cm³/mol. The molecule has 1 aromatic rings. The number of nitrogens with zero attached hydrogens (tertiary/aromatic N) is 2. The average molecular weight is 296 g/mol. The highest BCUT2D eigenvalue weighted by atomic mass is 32.1. The van der Waals surface area contributed by atoms with E-state index in [1.165, 1.54) is 17.8 Å². The minimum Gasteiger partial charge on any atom is -0.382 e. The maximum absolute atomic E-state index is 12.4. The monoisotopic (exact) mass is 296 g/mol. The number of amides is 1. The highest BCUT2D eigenvalue weighted by Crippen LogP contribution is 2.36. The molecule has 2 rings (SSSR count). The lowest BCUT2D eigenvalue weighted by atomic mass is 9.75. The summed E-state index contributed by atoms with van der Waals surface area (Å²) < 4.78 is 0. The van der Waals surface area contributed by atoms with Crippen molar-refractivity contribution < 1.29 is 4.79 Å². The summed E-state index contributed by atoms with van der Waals surface area (Å²) in [6.07, 6.45) is 5.33. The number of rotatable bonds is 6. The molecule has 0 radical (unpaired) electrons. The van der Waals surface area contributed by atoms with E-state index in [1.54, 1.807) is 0 Å². The summed E-state index contributed by atoms with van der Waals surface area (Å²) in [6, 6.07) is 0. The summed E-state index contributed by atoms with van der Waals surface area (Å²) in [5, 5.41) is 3.97. The van der Waals surface area contributed by atoms with Crippen LogP contribution in [0.4, 0.5) is 10.9 Å². The van der Waals surface area contributed by atoms with E-state index in [2.05, 4.69) is 24.1 Å². The molecule has 1 fully saturated rings. The molecule has 0 bridgehead atoms. The zero-order valence-corrected chi connectivity index (χ0v) is 13.3. The van der Waals surface area contributed by atoms with Crippen LogP contribution in [-0.2, 0) is 0 Å². The van der Waals surface area contributed by atoms with Gasteiger partial charge in [-0.25, -0.2) is 4.98 Å². The van der Waals surface area contributed by atoms with E-state index in [9.17, 15) is 4.79 Å². The van der Waals surface area contributed by atoms with Gasteiger partial charge >= 0.3 is 0 Å². The zero-order chi connectivity index (χ0) is 14.8. The summed E-state index contributed by atoms with van der Waals surface area (Å²) in [6.45, 7) is 5.14. The normalized spacial score (nSPS) is 16.6. The van der Waals surface area contributed by atoms with Crippen molar-refractivity contribution in [3.8, 4) is 0 Å². The number of nitrogen functional groups attached to an aromatic ring is 1. The second kappa shape index (κ2) is 5.99. The van der Waals surface area contributed by atoms with E-state index in [0.717, 1.165) is 37.4 Å². The van der Waals surface area contributed by atoms with Gasteiger partial charge in [0.1, 0.15) is 10.7 Å². The van der Waals surface area contributed by atoms with E-state index < -0.39 is 0 Å². The van der Waals surface area contributed by atoms with Crippen LogP contribution in [0.3, 0.4) is 0 Å². The average Bonchev–Trinajstić information content (AvgIpc) is 2.76. The molecule has 1 amide bonds. The molecule has 1 saturated carbocycles. The Hall–Kier alpha value is -1.30. The first-order valence-corrected chi connectivity index (χ1v) is 8.13. The van der Waals surface area contributed by atoms with E-state index in [1.807, 2.05) is 11.9 Å². The number of nitrogens with two attached hydrogens (primary N) is 1. The van der Waals surface area contributed by atoms with Crippen LogP contribution < -0.4 is 16.0 Å². The van der Waals surface area contributed by atoms with Gasteiger partial charge in [0, 0.05) is 19.1 Å². The van der Waals surface area contributed by atoms with Crippen molar-refractivity contribution in [1.29, 1.82) is 0 Å². The van der Waals surface area contributed by atoms with Crippen molar-refractivity contribution in [1.82, 2.24) is 10.3 Å². The van der Waals surface area contributed by atoms with Gasteiger partial charge < -0.3 is 16.0 Å². The number of anilines is 2. The van der Waals surface area contributed by atoms with Gasteiger partial charge in [0.25, 0.3) is 5.91 Å². The van der Waals surface area contributed by atoms with Crippen LogP contribution in [0.1, 0.15) is 55.6 Å². The Balaban J connectivity index is 2.10. The summed E-state index contributed by atoms with van der Waals surface area (Å²) in [5.41, 5.74) is 5.90. The minimum atomic E-state index is -0.0716. The second-order valence-corrected chi connectivity index (χ2v) is 6.55. The van der Waals surface area contributed by atoms with Crippen molar-refractivity contribution >= 4 is 28.2 Å². The van der Waals surface area contributed by atoms with Crippen molar-refractivity contribution in [3.63, 3.8) is 0 Å². The molecule has 0 saturated heterocycles. The molecule has 1 heterocycles. The fourth-order valence-corrected chi connectivity index (χ4v) is 3.41. The van der Waals surface area contributed by atoms with E-state index in [4.69, 9.17) is 5.73 Å². The summed E-state index contributed by atoms with van der Waals surface area (Å²) in [5.74, 6) is 0.272. The van der Waals surface area contributed by atoms with Crippen LogP contribution in [0.5, 0.6) is 0 Å². The quantitative estimate of drug-likeness (QED) is 0.846. The van der Waals surface area contributed by atoms with Gasteiger partial charge in [-0.15, -0.1) is 0 Å². The fourth-order valence-electron chi connectivity index (χ4n) is 2.55. The predicted octanol–water partition coefficient (Wildman–Crippen LogP) is 2.63. The Morgan fingerprint density at radius 2 is 2.20 bits per heavy atom. The van der Waals surface area contributed by atoms with Crippen LogP contribution in [0.2, 0.25) is 0 Å². The first kappa shape index (κ1) is 15.1. The van der Waals surface area contributed by atoms with Crippen LogP contribution in [-0.4, -0.2) is 30.0 Å². The maximum Gasteiger partial charge on any atom is 0.265 e. The zero-order valence-electron chi connectivity index (χ0n) is 12.5. The lowest BCUT2D eigenvalue weighted by molar-refractivity contribution is 0.0825. The molecule has 1 aromatic heterocycles. The molecule has 5 nitrogen and oxygen atoms in total. The molecule has 6 heteroatoms. The van der Waals surface area contributed by atoms with E-state index in [-0.39, 0.29) is 11.4 Å². The molecular formula is C14H24N4OS. The van der Waals surface area contributed by atoms with Gasteiger partial charge in [0.05, 0.1) is 0 Å². The van der Waals surface area contributed by atoms with Crippen molar-refractivity contribution in [2.45, 2.75) is 51.5 Å². The van der Waals surface area contributed by atoms with Gasteiger partial charge in [-0.1, -0.05) is 25.2 Å². The molecule has 0 spiro atoms. The van der Waals surface area contributed by atoms with Gasteiger partial charge in [-0.3, -0.25) is 4.79 Å². The highest BCUT2D eigenvalue weighted by molar-refractivity contribution is 7.18. The van der Waals surface area contributed by atoms with Crippen molar-refractivity contribution in [2.24, 2.45) is 0 Å². The molecule has 20 heavy (non-hydrogen) atoms. The van der Waals surface area contributed by atoms with E-state index in [0.29, 0.717) is 10.7 Å². The SMILES string of the molecule is CCCN(C)c1nc(N)c(C(=O)NC2(CC)CCC2)s1. The minimum absolute atomic E-state index is 0.0109. The molecular weight excluding hydrogens is 272 g/mol. The summed E-state index contributed by atoms with van der Waals surface area (Å²) in [7, 11) is 1.98. The maximum atomic E-state index is 12.4. The largest absolute Gasteiger partial charge is 0.382 e. The summed E-state index contributed by atoms with van der Waals surface area (Å²) in [4.78, 5) is 19.3. The third-order valence-corrected chi connectivity index (χ3v) is 5.28. The molecule has 112 valence electrons. The van der Waals surface area contributed by atoms with Crippen LogP contribution in [0.25, 0.3) is 0 Å². The van der Waals surface area contributed by atoms with Crippen molar-refractivity contribution in [3.05, 3.63) is 4.88 Å². The number of carbonyl (C=O) groups is 1. The number of hydrogen-bond acceptors (Lipinski definition) is 5. The molecule has 0 aliphatic heterocycles. The van der Waals surface area contributed by atoms with Crippen LogP contribution in [0.15, 0.2) is 0 Å². The van der Waals surface area contributed by atoms with Gasteiger partial charge in [-0.05, 0) is 32.1 Å². The number of carbonyl (C=O) groups excluding carboxylic acids is 1. The second-order valence-electron chi connectivity index (χ2n) is 5.57. The molecule has 1 aliphatic carbocycles. The van der Waals surface area contributed by atoms with Gasteiger partial charge in [0.2, 0.25) is 0 Å². The van der Waals surface area contributed by atoms with Crippen LogP contribution >= 0.6 is 11.3 Å². The molecule has 3 N–H and O–H groups in total. The van der Waals surface area contributed by atoms with E-state index >= 15 is 0 Å². The third kappa shape index (κ3) is 2.90. The molecule has 0 aromatic carbocycles. The Labute approximate surface area is 124 Å². The fraction of sp³-hybridized carbons (Fsp3) is 0.714. The van der Waals surface area contributed by atoms with Crippen molar-refractivity contribution in [2.75, 3.05) is 24.2 Å². The molecule has 0 atom stereocenters. The standard InChI is InChI=1S/C14H24N4OS/c1-4-9-18(3)13-16-11(15)10(20-13)12(19)17-14(5-2)7-6-8-14/h4-9,15H2,1-3H3,(H,17,19). The lowest BCUT2D eigenvalue weighted by Gasteiger charge is -2.41. The highest BCUT2D eigenvalue weighted by Gasteiger charge is 2.37. The number of thiazole rings is 1. The Kier molecular flexibility index (Phi) is 4.52. The first-order valence-electron chi connectivity index (χ1n) is 7.31. The summed E-state index contributed by atoms with van der Waals surface area (Å²) >= 11 is 1.38. The lowest BCUT2D eigenvalue weighted by Crippen LogP contribution is -2.52. The molecule has 0 unspecified atom stereocenters. The topological polar surface area (TPSA) is 71.2 Å². The third-order valence-electron chi connectivity index (χ3n) is 4.10. The van der Waals surface area contributed by atoms with Crippen LogP contribution in [0, 0.1) is 0 Å². The Morgan fingerprint density at radius 3 is 2.70 bits per heavy atom. The van der Waals surface area contributed by atoms with Gasteiger partial charge in [-0.2, -0.15) is 0 Å². The van der Waals surface area contributed by atoms with Gasteiger partial charge in [0.15, 0.2) is 5.13 Å². The Bertz CT molecular complexity index is 476. The molecule has 1 aliphatic rings. The number of nitrogens with one attached hydrogen (secondary N) is 1.